The number of amides is 6. The van der Waals surface area contributed by atoms with Gasteiger partial charge in [-0.3, -0.25) is 33.4 Å². The smallest absolute Gasteiger partial charge is 0.326 e. The second kappa shape index (κ2) is 45.3. The number of carboxylic acid groups (broad SMARTS) is 2. The van der Waals surface area contributed by atoms with Crippen molar-refractivity contribution in [3.8, 4) is 5.75 Å². The van der Waals surface area contributed by atoms with E-state index in [1.165, 1.54) is 12.1 Å². The van der Waals surface area contributed by atoms with Gasteiger partial charge in [-0.1, -0.05) is 65.4 Å². The number of anilines is 1. The molecule has 1 saturated heterocycles. The predicted molar refractivity (Wildman–Crippen MR) is 363 cm³/mol. The SMILES string of the molecule is Cc1ccc(C(C)(CCC(=O)N[C@@H](CC(=O)N[C@@H](CC(=O)N[C@@H](CCCCn2cc(CCCC(=O)Nc3nnc(S(N)(=O)=O)s3)nn2)C(=O)NCCOCCOCCNC(=O)CN2CCN(COC=O)CCN(COC=O)CCN(C[CH]([111In])OO)CC2)C(=O)O)C(=O)O)c2ccc(O)cc2)cc1. The number of aromatic hydroxyl groups is 1. The van der Waals surface area contributed by atoms with Crippen molar-refractivity contribution < 1.29 is 101 Å². The van der Waals surface area contributed by atoms with Gasteiger partial charge in [-0.2, -0.15) is 0 Å². The molecule has 12 N–H and O–H groups in total. The number of ether oxygens (including phenoxy) is 4. The Morgan fingerprint density at radius 2 is 1.22 bits per heavy atom. The summed E-state index contributed by atoms with van der Waals surface area (Å²) in [6.45, 7) is 9.84. The molecule has 2 unspecified atom stereocenters. The van der Waals surface area contributed by atoms with Crippen molar-refractivity contribution in [3.05, 3.63) is 77.1 Å². The van der Waals surface area contributed by atoms with Crippen LogP contribution < -0.4 is 37.0 Å². The molecule has 0 spiro atoms. The third-order valence-corrected chi connectivity index (χ3v) is 19.3. The molecule has 2 radical (unpaired) electrons. The molecule has 1 aliphatic rings. The van der Waals surface area contributed by atoms with E-state index in [9.17, 15) is 76.9 Å². The van der Waals surface area contributed by atoms with Crippen molar-refractivity contribution >= 4 is 111 Å². The predicted octanol–water partition coefficient (Wildman–Crippen LogP) is -2.15. The van der Waals surface area contributed by atoms with Gasteiger partial charge in [-0.05, 0) is 68.7 Å². The summed E-state index contributed by atoms with van der Waals surface area (Å²) < 4.78 is 45.1. The number of hydrogen-bond donors (Lipinski definition) is 11. The number of carbonyl (C=O) groups is 10. The first-order chi connectivity index (χ1) is 48.8. The first-order valence-electron chi connectivity index (χ1n) is 32.8. The van der Waals surface area contributed by atoms with E-state index in [4.69, 9.17) is 24.1 Å². The molecule has 1 fully saturated rings. The summed E-state index contributed by atoms with van der Waals surface area (Å²) in [7, 11) is -4.09. The molecule has 5 atom stereocenters. The number of aliphatic carboxylic acids is 2. The zero-order valence-electron chi connectivity index (χ0n) is 56.9. The van der Waals surface area contributed by atoms with E-state index in [0.29, 0.717) is 145 Å². The molecule has 2 aromatic heterocycles. The van der Waals surface area contributed by atoms with Gasteiger partial charge in [-0.15, -0.1) is 15.3 Å². The van der Waals surface area contributed by atoms with Gasteiger partial charge in [0.15, 0.2) is 0 Å². The fourth-order valence-electron chi connectivity index (χ4n) is 10.5. The Bertz CT molecular complexity index is 3390. The quantitative estimate of drug-likeness (QED) is 0.00738. The van der Waals surface area contributed by atoms with Gasteiger partial charge in [-0.25, -0.2) is 23.1 Å². The van der Waals surface area contributed by atoms with E-state index in [-0.39, 0.29) is 106 Å². The minimum Gasteiger partial charge on any atom is -0.508 e. The van der Waals surface area contributed by atoms with Crippen LogP contribution in [0.2, 0.25) is 0 Å². The molecule has 4 aromatic rings. The number of rotatable bonds is 46. The number of nitrogens with zero attached hydrogens (tertiary/aromatic N) is 9. The number of nitrogens with one attached hydrogen (secondary N) is 6. The number of carboxylic acids is 2. The van der Waals surface area contributed by atoms with Crippen LogP contribution in [0.1, 0.15) is 87.1 Å². The number of phenols is 1. The topological polar surface area (TPSA) is 500 Å². The number of primary sulfonamides is 1. The summed E-state index contributed by atoms with van der Waals surface area (Å²) in [6.07, 6.45) is 1.34. The Balaban J connectivity index is 1.11. The normalized spacial score (nSPS) is 15.5. The summed E-state index contributed by atoms with van der Waals surface area (Å²) in [6, 6.07) is 9.17. The largest absolute Gasteiger partial charge is 0.508 e. The van der Waals surface area contributed by atoms with Crippen molar-refractivity contribution in [2.75, 3.05) is 124 Å². The van der Waals surface area contributed by atoms with E-state index in [2.05, 4.69) is 62.2 Å². The molecule has 5 rings (SSSR count). The summed E-state index contributed by atoms with van der Waals surface area (Å²) in [4.78, 5) is 139. The van der Waals surface area contributed by atoms with E-state index in [1.807, 2.05) is 52.8 Å². The summed E-state index contributed by atoms with van der Waals surface area (Å²) in [5, 5.41) is 74.9. The second-order valence-corrected chi connectivity index (χ2v) is 28.9. The van der Waals surface area contributed by atoms with Crippen LogP contribution in [0.5, 0.6) is 5.75 Å². The molecule has 1 aliphatic heterocycles. The van der Waals surface area contributed by atoms with Gasteiger partial charge in [0.25, 0.3) is 10.0 Å². The van der Waals surface area contributed by atoms with Gasteiger partial charge in [0.2, 0.25) is 39.0 Å². The zero-order chi connectivity index (χ0) is 74.5. The third kappa shape index (κ3) is 32.2. The van der Waals surface area contributed by atoms with Crippen molar-refractivity contribution in [3.63, 3.8) is 0 Å². The average Bonchev–Trinajstić information content (AvgIpc) is 0.964. The van der Waals surface area contributed by atoms with E-state index in [1.54, 1.807) is 23.0 Å². The molecule has 3 heterocycles. The summed E-state index contributed by atoms with van der Waals surface area (Å²) >= 11 is 1.24. The van der Waals surface area contributed by atoms with E-state index < -0.39 is 92.2 Å². The number of unbranched alkanes of at least 4 members (excludes halogenated alkanes) is 1. The first-order valence-corrected chi connectivity index (χ1v) is 37.0. The number of sulfonamides is 1. The molecule has 0 aliphatic carbocycles. The molecule has 102 heavy (non-hydrogen) atoms. The Labute approximate surface area is 608 Å². The van der Waals surface area contributed by atoms with Crippen molar-refractivity contribution in [1.29, 1.82) is 0 Å². The van der Waals surface area contributed by atoms with E-state index in [0.717, 1.165) is 16.7 Å². The first kappa shape index (κ1) is 84.8. The molecular formula is C62H91InN16O21S2. The van der Waals surface area contributed by atoms with E-state index >= 15 is 0 Å². The minimum absolute atomic E-state index is 0.00126. The van der Waals surface area contributed by atoms with Crippen LogP contribution in [0.4, 0.5) is 5.13 Å². The third-order valence-electron chi connectivity index (χ3n) is 16.2. The van der Waals surface area contributed by atoms with Crippen molar-refractivity contribution in [2.24, 2.45) is 5.14 Å². The van der Waals surface area contributed by atoms with Crippen LogP contribution in [0.3, 0.4) is 0 Å². The van der Waals surface area contributed by atoms with Gasteiger partial charge >= 0.3 is 210 Å². The number of aryl methyl sites for hydroxylation is 3. The number of phenolic OH excluding ortho intramolecular Hbond substituents is 1. The molecule has 2 aromatic carbocycles. The number of aromatic nitrogens is 5. The van der Waals surface area contributed by atoms with Crippen molar-refractivity contribution in [1.82, 2.24) is 71.4 Å². The molecular weight excluding hydrogens is 1480 g/mol. The van der Waals surface area contributed by atoms with Crippen LogP contribution >= 0.6 is 11.3 Å². The fourth-order valence-corrected chi connectivity index (χ4v) is 12.7. The number of nitrogens with two attached hydrogens (primary N) is 1. The summed E-state index contributed by atoms with van der Waals surface area (Å²) in [5.41, 5.74) is 2.40. The maximum atomic E-state index is 13.7. The maximum absolute atomic E-state index is 13.7. The molecule has 0 saturated carbocycles. The molecule has 560 valence electrons. The Morgan fingerprint density at radius 1 is 0.676 bits per heavy atom. The molecule has 37 nitrogen and oxygen atoms in total. The van der Waals surface area contributed by atoms with Crippen LogP contribution in [0.25, 0.3) is 0 Å². The number of hydrogen-bond acceptors (Lipinski definition) is 28. The zero-order valence-corrected chi connectivity index (χ0v) is 61.8. The maximum Gasteiger partial charge on any atom is 0.326 e. The average molecular weight is 1570 g/mol. The number of benzene rings is 2. The van der Waals surface area contributed by atoms with Crippen LogP contribution in [0.15, 0.2) is 59.1 Å². The van der Waals surface area contributed by atoms with Crippen LogP contribution in [-0.2, 0) is 100 Å². The molecule has 6 amide bonds. The molecule has 0 bridgehead atoms. The van der Waals surface area contributed by atoms with Crippen molar-refractivity contribution in [2.45, 2.75) is 116 Å². The van der Waals surface area contributed by atoms with Gasteiger partial charge < -0.3 is 46.6 Å². The minimum atomic E-state index is -4.09. The monoisotopic (exact) mass is 1570 g/mol. The standard InChI is InChI=1S/C62H91N16O21S2.In/c1-44-9-11-45(12-10-44)62(2,46-13-15-48(81)16-14-46)18-17-53(83)67-50(58(88)89)36-55(85)68-51(59(90)91)37-54(84)66-49(7-3-4-21-78-38-47(70-73-78)6-5-8-52(82)69-60-71-72-61(100-60)101(63,93)94)57(87)65-20-32-96-35-34-95-31-19-64-56(86)39-75-24-22-74(30-33-99-92)23-26-76(40-97-42-79)28-29-77(27-25-75)41-98-43-80;/h9-16,33,38,42-43,49-51,81,92H,3-8,17-32,34-37,39-41H2,1-2H3,(H,64,86)(H,65,87)(H,66,84)(H,67,83)(H,68,85)(H,88,89)(H,90,91)(H2,63,93,94)(H,69,71,82);/t49-,50-,51-,62?;/m0./s1/i;1-4. The molecule has 40 heteroatoms. The Morgan fingerprint density at radius 3 is 1.76 bits per heavy atom. The fraction of sp³-hybridized carbons (Fsp3) is 0.581. The van der Waals surface area contributed by atoms with Gasteiger partial charge in [0.05, 0.1) is 38.4 Å². The Hall–Kier alpha value is -7.90. The van der Waals surface area contributed by atoms with Gasteiger partial charge in [0, 0.05) is 37.5 Å². The van der Waals surface area contributed by atoms with Crippen LogP contribution in [0, 0.1) is 6.92 Å². The second-order valence-electron chi connectivity index (χ2n) is 24.1. The Kier molecular flexibility index (Phi) is 37.6. The van der Waals surface area contributed by atoms with Gasteiger partial charge in [0.1, 0.15) is 23.9 Å². The summed E-state index contributed by atoms with van der Waals surface area (Å²) in [5.74, 6) is -7.35. The number of carbonyl (C=O) groups excluding carboxylic acids is 8. The van der Waals surface area contributed by atoms with Crippen LogP contribution in [-0.4, -0.2) is 299 Å².